The first-order valence-electron chi connectivity index (χ1n) is 6.72. The van der Waals surface area contributed by atoms with Crippen LogP contribution in [0.4, 0.5) is 0 Å². The highest BCUT2D eigenvalue weighted by atomic mass is 35.5. The summed E-state index contributed by atoms with van der Waals surface area (Å²) in [7, 11) is 1.65. The minimum Gasteiger partial charge on any atom is -0.383 e. The molecule has 0 aliphatic heterocycles. The fourth-order valence-electron chi connectivity index (χ4n) is 2.63. The van der Waals surface area contributed by atoms with Crippen LogP contribution in [0, 0.1) is 6.92 Å². The summed E-state index contributed by atoms with van der Waals surface area (Å²) in [6.45, 7) is 4.44. The van der Waals surface area contributed by atoms with Gasteiger partial charge in [-0.25, -0.2) is 0 Å². The van der Waals surface area contributed by atoms with E-state index < -0.39 is 5.91 Å². The van der Waals surface area contributed by atoms with Gasteiger partial charge in [-0.05, 0) is 26.0 Å². The number of hydrogen-bond acceptors (Lipinski definition) is 2. The van der Waals surface area contributed by atoms with E-state index in [-0.39, 0.29) is 6.04 Å². The average molecular weight is 307 g/mol. The minimum absolute atomic E-state index is 0.0642. The normalized spacial score (nSPS) is 12.4. The molecule has 2 aromatic rings. The molecule has 5 heteroatoms. The van der Waals surface area contributed by atoms with Crippen LogP contribution < -0.4 is 5.73 Å². The maximum absolute atomic E-state index is 11.6. The first-order valence-corrected chi connectivity index (χ1v) is 7.10. The second-order valence-corrected chi connectivity index (χ2v) is 5.45. The fourth-order valence-corrected chi connectivity index (χ4v) is 2.86. The van der Waals surface area contributed by atoms with E-state index in [0.29, 0.717) is 17.2 Å². The first-order chi connectivity index (χ1) is 9.97. The molecule has 0 aliphatic carbocycles. The number of benzene rings is 1. The zero-order valence-corrected chi connectivity index (χ0v) is 13.1. The molecule has 1 aromatic carbocycles. The molecule has 1 unspecified atom stereocenters. The molecule has 0 bridgehead atoms. The largest absolute Gasteiger partial charge is 0.383 e. The molecular formula is C16H19ClN2O2. The lowest BCUT2D eigenvalue weighted by molar-refractivity contribution is 0.0999. The number of nitrogens with zero attached hydrogens (tertiary/aromatic N) is 1. The number of amides is 1. The Balaban J connectivity index is 2.67. The van der Waals surface area contributed by atoms with Gasteiger partial charge in [-0.15, -0.1) is 0 Å². The Morgan fingerprint density at radius 2 is 2.10 bits per heavy atom. The van der Waals surface area contributed by atoms with Crippen LogP contribution in [0.1, 0.15) is 29.0 Å². The number of rotatable bonds is 5. The number of hydrogen-bond donors (Lipinski definition) is 1. The molecule has 0 aliphatic rings. The second-order valence-electron chi connectivity index (χ2n) is 5.05. The van der Waals surface area contributed by atoms with E-state index in [2.05, 4.69) is 0 Å². The van der Waals surface area contributed by atoms with Crippen molar-refractivity contribution in [1.82, 2.24) is 4.57 Å². The van der Waals surface area contributed by atoms with Crippen molar-refractivity contribution in [3.63, 3.8) is 0 Å². The predicted octanol–water partition coefficient (Wildman–Crippen LogP) is 3.42. The van der Waals surface area contributed by atoms with Gasteiger partial charge >= 0.3 is 0 Å². The number of halogens is 1. The SMILES string of the molecule is COCC(C)n1c(-c2ccccc2Cl)cc(C(N)=O)c1C. The molecule has 1 heterocycles. The molecule has 1 aromatic heterocycles. The Hall–Kier alpha value is -1.78. The number of nitrogens with two attached hydrogens (primary N) is 1. The maximum atomic E-state index is 11.6. The molecule has 1 amide bonds. The molecule has 0 spiro atoms. The van der Waals surface area contributed by atoms with E-state index in [1.807, 2.05) is 42.7 Å². The lowest BCUT2D eigenvalue weighted by atomic mass is 10.1. The number of ether oxygens (including phenoxy) is 1. The van der Waals surface area contributed by atoms with Gasteiger partial charge in [-0.2, -0.15) is 0 Å². The van der Waals surface area contributed by atoms with Crippen LogP contribution in [-0.2, 0) is 4.74 Å². The van der Waals surface area contributed by atoms with Crippen LogP contribution >= 0.6 is 11.6 Å². The third-order valence-corrected chi connectivity index (χ3v) is 3.89. The van der Waals surface area contributed by atoms with Crippen LogP contribution in [0.2, 0.25) is 5.02 Å². The van der Waals surface area contributed by atoms with Crippen LogP contribution in [0.15, 0.2) is 30.3 Å². The van der Waals surface area contributed by atoms with E-state index >= 15 is 0 Å². The fraction of sp³-hybridized carbons (Fsp3) is 0.312. The van der Waals surface area contributed by atoms with Crippen molar-refractivity contribution in [1.29, 1.82) is 0 Å². The van der Waals surface area contributed by atoms with Gasteiger partial charge in [-0.1, -0.05) is 29.8 Å². The quantitative estimate of drug-likeness (QED) is 0.920. The standard InChI is InChI=1S/C16H19ClN2O2/c1-10(9-21-3)19-11(2)13(16(18)20)8-15(19)12-6-4-5-7-14(12)17/h4-8,10H,9H2,1-3H3,(H2,18,20). The van der Waals surface area contributed by atoms with Crippen LogP contribution in [-0.4, -0.2) is 24.2 Å². The Bertz CT molecular complexity index is 664. The summed E-state index contributed by atoms with van der Waals surface area (Å²) < 4.78 is 7.28. The molecule has 21 heavy (non-hydrogen) atoms. The summed E-state index contributed by atoms with van der Waals surface area (Å²) in [5.74, 6) is -0.441. The van der Waals surface area contributed by atoms with Crippen molar-refractivity contribution in [2.24, 2.45) is 5.73 Å². The zero-order chi connectivity index (χ0) is 15.6. The summed E-state index contributed by atoms with van der Waals surface area (Å²) in [5.41, 5.74) is 8.54. The van der Waals surface area contributed by atoms with Crippen LogP contribution in [0.25, 0.3) is 11.3 Å². The molecule has 0 fully saturated rings. The Morgan fingerprint density at radius 3 is 2.67 bits per heavy atom. The Labute approximate surface area is 129 Å². The van der Waals surface area contributed by atoms with Crippen molar-refractivity contribution in [2.45, 2.75) is 19.9 Å². The predicted molar refractivity (Wildman–Crippen MR) is 84.7 cm³/mol. The van der Waals surface area contributed by atoms with Gasteiger partial charge < -0.3 is 15.0 Å². The monoisotopic (exact) mass is 306 g/mol. The highest BCUT2D eigenvalue weighted by Crippen LogP contribution is 2.33. The molecule has 2 rings (SSSR count). The van der Waals surface area contributed by atoms with Crippen molar-refractivity contribution in [3.8, 4) is 11.3 Å². The molecule has 0 saturated heterocycles. The van der Waals surface area contributed by atoms with Crippen LogP contribution in [0.3, 0.4) is 0 Å². The van der Waals surface area contributed by atoms with Crippen LogP contribution in [0.5, 0.6) is 0 Å². The van der Waals surface area contributed by atoms with Crippen molar-refractivity contribution in [2.75, 3.05) is 13.7 Å². The van der Waals surface area contributed by atoms with Crippen molar-refractivity contribution >= 4 is 17.5 Å². The van der Waals surface area contributed by atoms with Gasteiger partial charge in [-0.3, -0.25) is 4.79 Å². The smallest absolute Gasteiger partial charge is 0.250 e. The van der Waals surface area contributed by atoms with Gasteiger partial charge in [0.25, 0.3) is 5.91 Å². The third-order valence-electron chi connectivity index (χ3n) is 3.56. The highest BCUT2D eigenvalue weighted by molar-refractivity contribution is 6.33. The molecule has 0 radical (unpaired) electrons. The molecule has 0 saturated carbocycles. The number of aromatic nitrogens is 1. The molecule has 1 atom stereocenters. The molecular weight excluding hydrogens is 288 g/mol. The van der Waals surface area contributed by atoms with Crippen molar-refractivity contribution < 1.29 is 9.53 Å². The summed E-state index contributed by atoms with van der Waals surface area (Å²) >= 11 is 6.29. The van der Waals surface area contributed by atoms with Gasteiger partial charge in [0.05, 0.1) is 23.9 Å². The molecule has 4 nitrogen and oxygen atoms in total. The lowest BCUT2D eigenvalue weighted by Crippen LogP contribution is -2.16. The van der Waals surface area contributed by atoms with Crippen molar-refractivity contribution in [3.05, 3.63) is 46.6 Å². The highest BCUT2D eigenvalue weighted by Gasteiger charge is 2.21. The van der Waals surface area contributed by atoms with E-state index in [9.17, 15) is 4.79 Å². The minimum atomic E-state index is -0.441. The Morgan fingerprint density at radius 1 is 1.43 bits per heavy atom. The van der Waals surface area contributed by atoms with Gasteiger partial charge in [0.1, 0.15) is 0 Å². The van der Waals surface area contributed by atoms with E-state index in [1.165, 1.54) is 0 Å². The third kappa shape index (κ3) is 2.96. The average Bonchev–Trinajstić information content (AvgIpc) is 2.77. The zero-order valence-electron chi connectivity index (χ0n) is 12.4. The Kier molecular flexibility index (Phi) is 4.70. The number of carbonyl (C=O) groups is 1. The first kappa shape index (κ1) is 15.6. The summed E-state index contributed by atoms with van der Waals surface area (Å²) in [4.78, 5) is 11.6. The lowest BCUT2D eigenvalue weighted by Gasteiger charge is -2.19. The summed E-state index contributed by atoms with van der Waals surface area (Å²) in [5, 5.41) is 0.636. The van der Waals surface area contributed by atoms with E-state index in [0.717, 1.165) is 17.0 Å². The van der Waals surface area contributed by atoms with Gasteiger partial charge in [0.2, 0.25) is 0 Å². The summed E-state index contributed by atoms with van der Waals surface area (Å²) in [6.07, 6.45) is 0. The second kappa shape index (κ2) is 6.33. The van der Waals surface area contributed by atoms with E-state index in [4.69, 9.17) is 22.1 Å². The summed E-state index contributed by atoms with van der Waals surface area (Å²) in [6, 6.07) is 9.41. The van der Waals surface area contributed by atoms with Gasteiger partial charge in [0, 0.05) is 23.4 Å². The van der Waals surface area contributed by atoms with Gasteiger partial charge in [0.15, 0.2) is 0 Å². The molecule has 112 valence electrons. The topological polar surface area (TPSA) is 57.2 Å². The maximum Gasteiger partial charge on any atom is 0.250 e. The number of primary amides is 1. The number of methoxy groups -OCH3 is 1. The molecule has 2 N–H and O–H groups in total. The van der Waals surface area contributed by atoms with E-state index in [1.54, 1.807) is 13.2 Å². The number of carbonyl (C=O) groups excluding carboxylic acids is 1.